The van der Waals surface area contributed by atoms with Crippen LogP contribution in [0.15, 0.2) is 30.5 Å². The van der Waals surface area contributed by atoms with Crippen LogP contribution in [0.1, 0.15) is 12.6 Å². The Morgan fingerprint density at radius 1 is 1.33 bits per heavy atom. The number of aromatic nitrogens is 1. The van der Waals surface area contributed by atoms with Gasteiger partial charge in [-0.2, -0.15) is 4.57 Å². The maximum Gasteiger partial charge on any atom is 0.206 e. The number of carbonyl (C=O) groups is 1. The van der Waals surface area contributed by atoms with Crippen LogP contribution < -0.4 is 26.3 Å². The standard InChI is InChI=1S/C14H16NO2.BrH/c1-10(16)9-15-7-6-12-8-13(17-3)4-5-14(12)11(15)2;/h4-8H,9H2,1-3H3;1H/q+1;/p-1. The van der Waals surface area contributed by atoms with E-state index in [1.165, 1.54) is 0 Å². The number of carbonyl (C=O) groups excluding carboxylic acids is 1. The minimum absolute atomic E-state index is 0. The van der Waals surface area contributed by atoms with Crippen molar-refractivity contribution in [1.29, 1.82) is 0 Å². The molecule has 0 saturated heterocycles. The summed E-state index contributed by atoms with van der Waals surface area (Å²) in [6.45, 7) is 4.05. The van der Waals surface area contributed by atoms with Gasteiger partial charge in [0.15, 0.2) is 17.7 Å². The van der Waals surface area contributed by atoms with Crippen LogP contribution in [0.5, 0.6) is 5.75 Å². The van der Waals surface area contributed by atoms with Gasteiger partial charge in [0.25, 0.3) is 0 Å². The van der Waals surface area contributed by atoms with Crippen LogP contribution in [0.4, 0.5) is 0 Å². The second-order valence-corrected chi connectivity index (χ2v) is 4.18. The van der Waals surface area contributed by atoms with Crippen LogP contribution in [0.3, 0.4) is 0 Å². The Balaban J connectivity index is 0.00000162. The molecule has 0 bridgehead atoms. The summed E-state index contributed by atoms with van der Waals surface area (Å²) >= 11 is 0. The molecule has 1 heterocycles. The van der Waals surface area contributed by atoms with Crippen molar-refractivity contribution in [2.24, 2.45) is 0 Å². The summed E-state index contributed by atoms with van der Waals surface area (Å²) in [6, 6.07) is 7.97. The van der Waals surface area contributed by atoms with Gasteiger partial charge in [-0.25, -0.2) is 0 Å². The molecule has 4 heteroatoms. The molecule has 0 aliphatic carbocycles. The number of hydrogen-bond acceptors (Lipinski definition) is 2. The van der Waals surface area contributed by atoms with E-state index in [0.717, 1.165) is 22.2 Å². The topological polar surface area (TPSA) is 30.2 Å². The van der Waals surface area contributed by atoms with E-state index >= 15 is 0 Å². The number of halogens is 1. The van der Waals surface area contributed by atoms with Gasteiger partial charge in [-0.1, -0.05) is 0 Å². The summed E-state index contributed by atoms with van der Waals surface area (Å²) < 4.78 is 7.17. The number of Topliss-reactive ketones (excluding diaryl/α,β-unsaturated/α-hetero) is 1. The number of nitrogens with zero attached hydrogens (tertiary/aromatic N) is 1. The molecule has 0 radical (unpaired) electrons. The first-order valence-electron chi connectivity index (χ1n) is 5.58. The SMILES string of the molecule is COc1ccc2c(C)[n+](CC(C)=O)ccc2c1.[Br-]. The fourth-order valence-electron chi connectivity index (χ4n) is 1.98. The summed E-state index contributed by atoms with van der Waals surface area (Å²) in [5.74, 6) is 1.01. The number of benzene rings is 1. The summed E-state index contributed by atoms with van der Waals surface area (Å²) in [4.78, 5) is 11.2. The van der Waals surface area contributed by atoms with Crippen LogP contribution >= 0.6 is 0 Å². The van der Waals surface area contributed by atoms with Crippen molar-refractivity contribution in [1.82, 2.24) is 0 Å². The number of fused-ring (bicyclic) bond motifs is 1. The second-order valence-electron chi connectivity index (χ2n) is 4.18. The average Bonchev–Trinajstić information content (AvgIpc) is 2.32. The lowest BCUT2D eigenvalue weighted by Gasteiger charge is -2.05. The maximum atomic E-state index is 11.2. The van der Waals surface area contributed by atoms with Crippen LogP contribution in [0, 0.1) is 6.92 Å². The van der Waals surface area contributed by atoms with Gasteiger partial charge in [0.05, 0.1) is 7.11 Å². The number of pyridine rings is 1. The molecule has 2 rings (SSSR count). The zero-order valence-electron chi connectivity index (χ0n) is 10.7. The van der Waals surface area contributed by atoms with E-state index < -0.39 is 0 Å². The third-order valence-corrected chi connectivity index (χ3v) is 2.91. The van der Waals surface area contributed by atoms with E-state index in [-0.39, 0.29) is 22.8 Å². The zero-order valence-corrected chi connectivity index (χ0v) is 12.3. The molecule has 0 atom stereocenters. The molecule has 0 aliphatic rings. The smallest absolute Gasteiger partial charge is 0.206 e. The molecule has 96 valence electrons. The van der Waals surface area contributed by atoms with Crippen molar-refractivity contribution in [2.75, 3.05) is 7.11 Å². The number of ether oxygens (including phenoxy) is 1. The Morgan fingerprint density at radius 3 is 2.67 bits per heavy atom. The van der Waals surface area contributed by atoms with Crippen molar-refractivity contribution < 1.29 is 31.1 Å². The highest BCUT2D eigenvalue weighted by atomic mass is 79.9. The van der Waals surface area contributed by atoms with Crippen molar-refractivity contribution >= 4 is 16.6 Å². The minimum Gasteiger partial charge on any atom is -1.00 e. The number of hydrogen-bond donors (Lipinski definition) is 0. The van der Waals surface area contributed by atoms with Gasteiger partial charge in [0, 0.05) is 25.3 Å². The lowest BCUT2D eigenvalue weighted by Crippen LogP contribution is -3.00. The third kappa shape index (κ3) is 2.88. The predicted octanol–water partition coefficient (Wildman–Crippen LogP) is -0.963. The van der Waals surface area contributed by atoms with E-state index in [1.807, 2.05) is 42.0 Å². The molecule has 0 aliphatic heterocycles. The highest BCUT2D eigenvalue weighted by Gasteiger charge is 2.12. The second kappa shape index (κ2) is 5.96. The van der Waals surface area contributed by atoms with Gasteiger partial charge in [0.1, 0.15) is 5.75 Å². The lowest BCUT2D eigenvalue weighted by atomic mass is 10.1. The Kier molecular flexibility index (Phi) is 4.84. The summed E-state index contributed by atoms with van der Waals surface area (Å²) in [5.41, 5.74) is 1.10. The van der Waals surface area contributed by atoms with Crippen molar-refractivity contribution in [3.63, 3.8) is 0 Å². The maximum absolute atomic E-state index is 11.2. The molecule has 3 nitrogen and oxygen atoms in total. The van der Waals surface area contributed by atoms with Crippen LogP contribution in [0.2, 0.25) is 0 Å². The Bertz CT molecular complexity index is 581. The van der Waals surface area contributed by atoms with E-state index in [4.69, 9.17) is 4.74 Å². The largest absolute Gasteiger partial charge is 1.00 e. The molecule has 18 heavy (non-hydrogen) atoms. The Morgan fingerprint density at radius 2 is 2.06 bits per heavy atom. The molecule has 1 aromatic carbocycles. The van der Waals surface area contributed by atoms with Crippen LogP contribution in [-0.2, 0) is 11.3 Å². The first-order chi connectivity index (χ1) is 8.11. The van der Waals surface area contributed by atoms with Crippen molar-refractivity contribution in [3.05, 3.63) is 36.2 Å². The van der Waals surface area contributed by atoms with Crippen LogP contribution in [0.25, 0.3) is 10.8 Å². The number of methoxy groups -OCH3 is 1. The highest BCUT2D eigenvalue weighted by molar-refractivity contribution is 5.84. The molecule has 0 unspecified atom stereocenters. The monoisotopic (exact) mass is 309 g/mol. The molecule has 0 saturated carbocycles. The molecule has 2 aromatic rings. The first kappa shape index (κ1) is 14.6. The summed E-state index contributed by atoms with van der Waals surface area (Å²) in [6.07, 6.45) is 1.94. The molecule has 0 spiro atoms. The highest BCUT2D eigenvalue weighted by Crippen LogP contribution is 2.21. The number of ketones is 1. The zero-order chi connectivity index (χ0) is 12.4. The fourth-order valence-corrected chi connectivity index (χ4v) is 1.98. The van der Waals surface area contributed by atoms with Gasteiger partial charge >= 0.3 is 0 Å². The van der Waals surface area contributed by atoms with Crippen LogP contribution in [-0.4, -0.2) is 12.9 Å². The van der Waals surface area contributed by atoms with Gasteiger partial charge in [-0.15, -0.1) is 0 Å². The molecule has 1 aromatic heterocycles. The predicted molar refractivity (Wildman–Crippen MR) is 66.1 cm³/mol. The Hall–Kier alpha value is -1.42. The third-order valence-electron chi connectivity index (χ3n) is 2.91. The van der Waals surface area contributed by atoms with Crippen molar-refractivity contribution in [3.8, 4) is 5.75 Å². The quantitative estimate of drug-likeness (QED) is 0.684. The summed E-state index contributed by atoms with van der Waals surface area (Å²) in [7, 11) is 1.66. The van der Waals surface area contributed by atoms with Gasteiger partial charge in [-0.05, 0) is 23.6 Å². The molecular formula is C14H16BrNO2. The molecule has 0 fully saturated rings. The average molecular weight is 310 g/mol. The van der Waals surface area contributed by atoms with E-state index in [1.54, 1.807) is 14.0 Å². The van der Waals surface area contributed by atoms with E-state index in [9.17, 15) is 4.79 Å². The van der Waals surface area contributed by atoms with E-state index in [0.29, 0.717) is 6.54 Å². The molecular weight excluding hydrogens is 294 g/mol. The summed E-state index contributed by atoms with van der Waals surface area (Å²) in [5, 5.41) is 2.27. The lowest BCUT2D eigenvalue weighted by molar-refractivity contribution is -0.688. The minimum atomic E-state index is 0. The first-order valence-corrected chi connectivity index (χ1v) is 5.58. The fraction of sp³-hybridized carbons (Fsp3) is 0.286. The van der Waals surface area contributed by atoms with E-state index in [2.05, 4.69) is 0 Å². The number of aryl methyl sites for hydroxylation is 1. The normalized spacial score (nSPS) is 9.94. The molecule has 0 N–H and O–H groups in total. The van der Waals surface area contributed by atoms with Gasteiger partial charge < -0.3 is 21.7 Å². The Labute approximate surface area is 117 Å². The van der Waals surface area contributed by atoms with Gasteiger partial charge in [0.2, 0.25) is 6.54 Å². The van der Waals surface area contributed by atoms with Gasteiger partial charge in [-0.3, -0.25) is 4.79 Å². The number of rotatable bonds is 3. The molecule has 0 amide bonds. The van der Waals surface area contributed by atoms with Crippen molar-refractivity contribution in [2.45, 2.75) is 20.4 Å².